The Morgan fingerprint density at radius 3 is 1.55 bits per heavy atom. The second-order valence-corrected chi connectivity index (χ2v) is 21.7. The summed E-state index contributed by atoms with van der Waals surface area (Å²) < 4.78 is 9.57. The zero-order valence-electron chi connectivity index (χ0n) is 42.5. The van der Waals surface area contributed by atoms with Crippen molar-refractivity contribution in [2.24, 2.45) is 0 Å². The summed E-state index contributed by atoms with van der Waals surface area (Å²) in [5, 5.41) is 27.0. The van der Waals surface area contributed by atoms with Crippen molar-refractivity contribution in [2.75, 3.05) is 0 Å². The molecule has 80 heavy (non-hydrogen) atoms. The molecule has 0 saturated carbocycles. The van der Waals surface area contributed by atoms with E-state index in [1.807, 2.05) is 36.4 Å². The first-order valence-electron chi connectivity index (χ1n) is 27.0. The molecule has 0 bridgehead atoms. The summed E-state index contributed by atoms with van der Waals surface area (Å²) >= 11 is 7.09. The molecular formula is C72H40ClN5O2. The molecule has 18 aromatic rings. The molecule has 0 aliphatic rings. The van der Waals surface area contributed by atoms with Crippen LogP contribution >= 0.6 is 11.6 Å². The van der Waals surface area contributed by atoms with E-state index in [1.54, 1.807) is 12.1 Å². The number of benzene rings is 12. The normalized spacial score (nSPS) is 12.4. The maximum absolute atomic E-state index is 12.4. The Hall–Kier alpha value is -10.5. The van der Waals surface area contributed by atoms with Gasteiger partial charge in [0.15, 0.2) is 0 Å². The van der Waals surface area contributed by atoms with Gasteiger partial charge >= 0.3 is 0 Å². The van der Waals surface area contributed by atoms with Gasteiger partial charge in [-0.05, 0) is 131 Å². The smallest absolute Gasteiger partial charge is 0.277 e. The average Bonchev–Trinajstić information content (AvgIpc) is 4.52. The van der Waals surface area contributed by atoms with E-state index in [9.17, 15) is 10.1 Å². The van der Waals surface area contributed by atoms with Crippen LogP contribution < -0.4 is 0 Å². The summed E-state index contributed by atoms with van der Waals surface area (Å²) in [5.74, 6) is 0. The van der Waals surface area contributed by atoms with E-state index in [0.717, 1.165) is 77.2 Å². The van der Waals surface area contributed by atoms with Crippen LogP contribution in [0.5, 0.6) is 0 Å². The van der Waals surface area contributed by atoms with Crippen molar-refractivity contribution >= 4 is 137 Å². The minimum Gasteiger partial charge on any atom is -0.309 e. The van der Waals surface area contributed by atoms with Gasteiger partial charge in [0, 0.05) is 82.1 Å². The number of hydrogen-bond acceptors (Lipinski definition) is 2. The fourth-order valence-electron chi connectivity index (χ4n) is 14.2. The Balaban J connectivity index is 0.809. The lowest BCUT2D eigenvalue weighted by atomic mass is 9.95. The fourth-order valence-corrected chi connectivity index (χ4v) is 14.5. The minimum absolute atomic E-state index is 0.0758. The maximum atomic E-state index is 12.4. The van der Waals surface area contributed by atoms with E-state index in [0.29, 0.717) is 10.6 Å². The second kappa shape index (κ2) is 15.8. The molecule has 0 aliphatic heterocycles. The zero-order chi connectivity index (χ0) is 52.6. The molecular weight excluding hydrogens is 1000 g/mol. The molecule has 0 aliphatic carbocycles. The first kappa shape index (κ1) is 43.6. The number of para-hydroxylation sites is 5. The van der Waals surface area contributed by atoms with Crippen molar-refractivity contribution in [3.05, 3.63) is 258 Å². The average molecular weight is 1040 g/mol. The van der Waals surface area contributed by atoms with Crippen LogP contribution in [0.2, 0.25) is 5.02 Å². The van der Waals surface area contributed by atoms with Crippen LogP contribution in [0, 0.1) is 10.1 Å². The predicted octanol–water partition coefficient (Wildman–Crippen LogP) is 19.7. The summed E-state index contributed by atoms with van der Waals surface area (Å²) in [4.78, 5) is 12.2. The van der Waals surface area contributed by atoms with Crippen molar-refractivity contribution in [3.63, 3.8) is 0 Å². The van der Waals surface area contributed by atoms with Crippen molar-refractivity contribution in [1.82, 2.24) is 17.9 Å². The molecule has 8 heteroatoms. The van der Waals surface area contributed by atoms with Crippen LogP contribution in [0.1, 0.15) is 0 Å². The zero-order valence-corrected chi connectivity index (χ0v) is 43.3. The number of aromatic nitrogens is 4. The molecule has 0 radical (unpaired) electrons. The lowest BCUT2D eigenvalue weighted by molar-refractivity contribution is -0.384. The third-order valence-electron chi connectivity index (χ3n) is 17.4. The van der Waals surface area contributed by atoms with Gasteiger partial charge in [0.2, 0.25) is 0 Å². The summed E-state index contributed by atoms with van der Waals surface area (Å²) in [6.45, 7) is 0. The highest BCUT2D eigenvalue weighted by Crippen LogP contribution is 2.50. The summed E-state index contributed by atoms with van der Waals surface area (Å²) in [7, 11) is 0. The Morgan fingerprint density at radius 1 is 0.312 bits per heavy atom. The summed E-state index contributed by atoms with van der Waals surface area (Å²) in [6.07, 6.45) is 0. The van der Waals surface area contributed by atoms with Crippen molar-refractivity contribution < 1.29 is 4.92 Å². The number of nitrogens with zero attached hydrogens (tertiary/aromatic N) is 5. The minimum atomic E-state index is -0.290. The summed E-state index contributed by atoms with van der Waals surface area (Å²) in [5.41, 5.74) is 19.5. The highest BCUT2D eigenvalue weighted by Gasteiger charge is 2.27. The molecule has 18 rings (SSSR count). The first-order valence-corrected chi connectivity index (χ1v) is 27.3. The van der Waals surface area contributed by atoms with Crippen molar-refractivity contribution in [1.29, 1.82) is 0 Å². The topological polar surface area (TPSA) is 61.8 Å². The molecule has 372 valence electrons. The molecule has 0 fully saturated rings. The molecule has 0 spiro atoms. The third kappa shape index (κ3) is 5.62. The van der Waals surface area contributed by atoms with Gasteiger partial charge in [-0.1, -0.05) is 145 Å². The molecule has 7 nitrogen and oxygen atoms in total. The lowest BCUT2D eigenvalue weighted by Gasteiger charge is -2.11. The van der Waals surface area contributed by atoms with Gasteiger partial charge in [-0.15, -0.1) is 0 Å². The molecule has 0 atom stereocenters. The Labute approximate surface area is 460 Å². The number of nitro groups is 1. The first-order chi connectivity index (χ1) is 39.5. The van der Waals surface area contributed by atoms with E-state index in [2.05, 4.69) is 212 Å². The standard InChI is InChI=1S/C72H40ClN5O2/c73-56-23-13-29-63-68(56)55-40-43(39-54-67-49(20-12-28-62(67)76(63)72(54)55)47-16-5-9-26-60(47)78(79)80)41-30-33-45(34-31-41)75-58-25-8-6-18-50(58)69-64(75)36-37-65-70(69)52-22-10-21-51-66-46(19-11-27-61(66)77(65)71(51)52)42-32-35-59-53(38-42)48-17-4-7-24-57(48)74(59)44-14-2-1-3-15-44/h1-40H. The van der Waals surface area contributed by atoms with Crippen LogP contribution in [-0.2, 0) is 0 Å². The number of hydrogen-bond donors (Lipinski definition) is 0. The number of halogens is 1. The highest BCUT2D eigenvalue weighted by atomic mass is 35.5. The van der Waals surface area contributed by atoms with Gasteiger partial charge in [-0.3, -0.25) is 10.1 Å². The molecule has 6 heterocycles. The molecule has 0 amide bonds. The van der Waals surface area contributed by atoms with Gasteiger partial charge < -0.3 is 17.9 Å². The van der Waals surface area contributed by atoms with Crippen LogP contribution in [0.3, 0.4) is 0 Å². The monoisotopic (exact) mass is 1040 g/mol. The van der Waals surface area contributed by atoms with Crippen LogP contribution in [0.4, 0.5) is 5.69 Å². The van der Waals surface area contributed by atoms with E-state index < -0.39 is 0 Å². The Morgan fingerprint density at radius 2 is 0.775 bits per heavy atom. The van der Waals surface area contributed by atoms with E-state index >= 15 is 0 Å². The molecule has 0 saturated heterocycles. The van der Waals surface area contributed by atoms with Gasteiger partial charge in [0.25, 0.3) is 5.69 Å². The predicted molar refractivity (Wildman–Crippen MR) is 332 cm³/mol. The van der Waals surface area contributed by atoms with E-state index in [-0.39, 0.29) is 10.6 Å². The quantitative estimate of drug-likeness (QED) is 0.123. The fraction of sp³-hybridized carbons (Fsp3) is 0. The lowest BCUT2D eigenvalue weighted by Crippen LogP contribution is -1.94. The molecule has 0 N–H and O–H groups in total. The highest BCUT2D eigenvalue weighted by molar-refractivity contribution is 6.40. The Bertz CT molecular complexity index is 5710. The van der Waals surface area contributed by atoms with Crippen molar-refractivity contribution in [3.8, 4) is 44.8 Å². The SMILES string of the molecule is O=[N+]([O-])c1ccccc1-c1cccc2c1c1cc(-c3ccc(-n4c5ccccc5c5c6c7cccc8c9c(-c%10ccc%11c(c%10)c%10ccccc%10n%11-c%10ccccc%10)cccc9n(c6ccc54)c87)cc3)cc3c4c(Cl)cccc4n2c31. The van der Waals surface area contributed by atoms with E-state index in [4.69, 9.17) is 11.6 Å². The molecule has 0 unspecified atom stereocenters. The molecule has 12 aromatic carbocycles. The number of nitro benzene ring substituents is 1. The van der Waals surface area contributed by atoms with Crippen molar-refractivity contribution in [2.45, 2.75) is 0 Å². The Kier molecular flexibility index (Phi) is 8.63. The van der Waals surface area contributed by atoms with Gasteiger partial charge in [0.05, 0.1) is 70.7 Å². The molecule has 6 aromatic heterocycles. The third-order valence-corrected chi connectivity index (χ3v) is 17.7. The number of rotatable bonds is 6. The van der Waals surface area contributed by atoms with Gasteiger partial charge in [0.1, 0.15) is 0 Å². The largest absolute Gasteiger partial charge is 0.309 e. The maximum Gasteiger partial charge on any atom is 0.277 e. The van der Waals surface area contributed by atoms with Crippen LogP contribution in [0.25, 0.3) is 165 Å². The van der Waals surface area contributed by atoms with Crippen LogP contribution in [-0.4, -0.2) is 22.9 Å². The van der Waals surface area contributed by atoms with Gasteiger partial charge in [-0.2, -0.15) is 0 Å². The number of fused-ring (bicyclic) bond motifs is 19. The van der Waals surface area contributed by atoms with Gasteiger partial charge in [-0.25, -0.2) is 0 Å². The van der Waals surface area contributed by atoms with E-state index in [1.165, 1.54) is 81.8 Å². The second-order valence-electron chi connectivity index (χ2n) is 21.3. The van der Waals surface area contributed by atoms with Crippen LogP contribution in [0.15, 0.2) is 243 Å². The summed E-state index contributed by atoms with van der Waals surface area (Å²) in [6, 6.07) is 86.1.